The summed E-state index contributed by atoms with van der Waals surface area (Å²) in [6.45, 7) is 2.58. The molecule has 2 heterocycles. The summed E-state index contributed by atoms with van der Waals surface area (Å²) in [6.07, 6.45) is 0. The molecule has 2 amide bonds. The van der Waals surface area contributed by atoms with E-state index < -0.39 is 10.8 Å². The van der Waals surface area contributed by atoms with Gasteiger partial charge in [-0.25, -0.2) is 0 Å². The van der Waals surface area contributed by atoms with Gasteiger partial charge in [0.1, 0.15) is 11.5 Å². The molecule has 3 aromatic carbocycles. The van der Waals surface area contributed by atoms with Crippen LogP contribution in [-0.4, -0.2) is 54.9 Å². The number of anilines is 2. The van der Waals surface area contributed by atoms with Crippen LogP contribution in [0.2, 0.25) is 0 Å². The predicted molar refractivity (Wildman–Crippen MR) is 146 cm³/mol. The number of hydrogen-bond donors (Lipinski definition) is 1. The highest BCUT2D eigenvalue weighted by Crippen LogP contribution is 2.31. The van der Waals surface area contributed by atoms with E-state index in [0.29, 0.717) is 48.7 Å². The Kier molecular flexibility index (Phi) is 7.26. The summed E-state index contributed by atoms with van der Waals surface area (Å²) >= 11 is 0. The lowest BCUT2D eigenvalue weighted by Gasteiger charge is -2.36. The number of para-hydroxylation sites is 1. The molecule has 0 aliphatic carbocycles. The first-order chi connectivity index (χ1) is 18.9. The van der Waals surface area contributed by atoms with Crippen molar-refractivity contribution in [3.63, 3.8) is 0 Å². The molecule has 10 heteroatoms. The van der Waals surface area contributed by atoms with Crippen LogP contribution in [-0.2, 0) is 0 Å². The summed E-state index contributed by atoms with van der Waals surface area (Å²) in [5, 5.41) is 14.1. The third-order valence-electron chi connectivity index (χ3n) is 6.59. The van der Waals surface area contributed by atoms with Crippen LogP contribution in [0.25, 0.3) is 11.3 Å². The number of nitro groups is 1. The molecule has 10 nitrogen and oxygen atoms in total. The number of rotatable bonds is 7. The number of carbonyl (C=O) groups excluding carboxylic acids is 2. The van der Waals surface area contributed by atoms with E-state index in [9.17, 15) is 19.7 Å². The summed E-state index contributed by atoms with van der Waals surface area (Å²) < 4.78 is 10.8. The third-order valence-corrected chi connectivity index (χ3v) is 6.59. The van der Waals surface area contributed by atoms with E-state index in [1.165, 1.54) is 12.1 Å². The molecule has 0 unspecified atom stereocenters. The summed E-state index contributed by atoms with van der Waals surface area (Å²) in [7, 11) is 1.59. The largest absolute Gasteiger partial charge is 0.497 e. The van der Waals surface area contributed by atoms with E-state index in [1.54, 1.807) is 67.8 Å². The van der Waals surface area contributed by atoms with Crippen LogP contribution in [0.15, 0.2) is 89.3 Å². The van der Waals surface area contributed by atoms with Crippen LogP contribution in [0.1, 0.15) is 20.9 Å². The van der Waals surface area contributed by atoms with Crippen molar-refractivity contribution in [1.29, 1.82) is 0 Å². The Balaban J connectivity index is 1.17. The number of nitro benzene ring substituents is 1. The second kappa shape index (κ2) is 11.1. The number of amides is 2. The van der Waals surface area contributed by atoms with E-state index in [1.807, 2.05) is 17.0 Å². The number of methoxy groups -OCH3 is 1. The fourth-order valence-electron chi connectivity index (χ4n) is 4.48. The molecular formula is C29H26N4O6. The summed E-state index contributed by atoms with van der Waals surface area (Å²) in [6, 6.07) is 23.8. The van der Waals surface area contributed by atoms with Gasteiger partial charge in [0, 0.05) is 49.2 Å². The van der Waals surface area contributed by atoms with E-state index in [0.717, 1.165) is 5.69 Å². The Labute approximate surface area is 224 Å². The highest BCUT2D eigenvalue weighted by molar-refractivity contribution is 6.02. The Morgan fingerprint density at radius 1 is 0.897 bits per heavy atom. The number of hydrogen-bond acceptors (Lipinski definition) is 7. The fourth-order valence-corrected chi connectivity index (χ4v) is 4.48. The zero-order valence-electron chi connectivity index (χ0n) is 21.2. The van der Waals surface area contributed by atoms with Gasteiger partial charge in [-0.05, 0) is 66.7 Å². The van der Waals surface area contributed by atoms with Crippen molar-refractivity contribution < 1.29 is 23.7 Å². The molecule has 0 atom stereocenters. The Morgan fingerprint density at radius 2 is 1.59 bits per heavy atom. The Bertz CT molecular complexity index is 1490. The maximum Gasteiger partial charge on any atom is 0.291 e. The highest BCUT2D eigenvalue weighted by atomic mass is 16.6. The van der Waals surface area contributed by atoms with Gasteiger partial charge in [-0.15, -0.1) is 0 Å². The third kappa shape index (κ3) is 5.59. The van der Waals surface area contributed by atoms with Crippen molar-refractivity contribution in [2.24, 2.45) is 0 Å². The number of nitrogens with zero attached hydrogens (tertiary/aromatic N) is 3. The molecule has 198 valence electrons. The van der Waals surface area contributed by atoms with E-state index in [-0.39, 0.29) is 23.1 Å². The number of piperazine rings is 1. The fraction of sp³-hybridized carbons (Fsp3) is 0.172. The van der Waals surface area contributed by atoms with Gasteiger partial charge in [0.15, 0.2) is 5.76 Å². The van der Waals surface area contributed by atoms with Crippen molar-refractivity contribution in [3.05, 3.63) is 106 Å². The van der Waals surface area contributed by atoms with E-state index >= 15 is 0 Å². The lowest BCUT2D eigenvalue weighted by atomic mass is 10.1. The van der Waals surface area contributed by atoms with Gasteiger partial charge in [-0.3, -0.25) is 19.7 Å². The monoisotopic (exact) mass is 526 g/mol. The Hall–Kier alpha value is -5.12. The molecule has 1 N–H and O–H groups in total. The predicted octanol–water partition coefficient (Wildman–Crippen LogP) is 5.08. The van der Waals surface area contributed by atoms with Crippen LogP contribution < -0.4 is 15.0 Å². The van der Waals surface area contributed by atoms with Crippen molar-refractivity contribution in [2.45, 2.75) is 0 Å². The summed E-state index contributed by atoms with van der Waals surface area (Å²) in [5.74, 6) is 0.539. The summed E-state index contributed by atoms with van der Waals surface area (Å²) in [5.41, 5.74) is 2.41. The first kappa shape index (κ1) is 25.5. The normalized spacial score (nSPS) is 13.2. The molecule has 0 radical (unpaired) electrons. The Morgan fingerprint density at radius 3 is 2.26 bits per heavy atom. The highest BCUT2D eigenvalue weighted by Gasteiger charge is 2.23. The van der Waals surface area contributed by atoms with Crippen LogP contribution in [0, 0.1) is 10.1 Å². The first-order valence-corrected chi connectivity index (χ1v) is 12.4. The van der Waals surface area contributed by atoms with E-state index in [4.69, 9.17) is 9.15 Å². The minimum Gasteiger partial charge on any atom is -0.497 e. The van der Waals surface area contributed by atoms with E-state index in [2.05, 4.69) is 10.2 Å². The quantitative estimate of drug-likeness (QED) is 0.264. The number of ether oxygens (including phenoxy) is 1. The van der Waals surface area contributed by atoms with Crippen molar-refractivity contribution in [3.8, 4) is 17.1 Å². The number of carbonyl (C=O) groups is 2. The van der Waals surface area contributed by atoms with Gasteiger partial charge in [-0.1, -0.05) is 12.1 Å². The standard InChI is InChI=1S/C29H26N4O6/c1-38-23-12-6-20(7-13-23)29(35)32-18-16-31(17-19-32)22-10-8-21(9-11-22)30-28(34)27-15-14-26(39-27)24-4-2-3-5-25(24)33(36)37/h2-15H,16-19H2,1H3,(H,30,34). The van der Waals surface area contributed by atoms with Gasteiger partial charge in [-0.2, -0.15) is 0 Å². The zero-order valence-corrected chi connectivity index (χ0v) is 21.2. The lowest BCUT2D eigenvalue weighted by molar-refractivity contribution is -0.384. The SMILES string of the molecule is COc1ccc(C(=O)N2CCN(c3ccc(NC(=O)c4ccc(-c5ccccc5[N+](=O)[O-])o4)cc3)CC2)cc1. The maximum absolute atomic E-state index is 12.8. The lowest BCUT2D eigenvalue weighted by Crippen LogP contribution is -2.48. The molecule has 0 bridgehead atoms. The van der Waals surface area contributed by atoms with Crippen molar-refractivity contribution >= 4 is 28.9 Å². The van der Waals surface area contributed by atoms with Crippen LogP contribution in [0.3, 0.4) is 0 Å². The second-order valence-corrected chi connectivity index (χ2v) is 8.95. The molecule has 4 aromatic rings. The topological polar surface area (TPSA) is 118 Å². The zero-order chi connectivity index (χ0) is 27.4. The summed E-state index contributed by atoms with van der Waals surface area (Å²) in [4.78, 5) is 40.4. The first-order valence-electron chi connectivity index (χ1n) is 12.4. The van der Waals surface area contributed by atoms with Crippen LogP contribution in [0.4, 0.5) is 17.1 Å². The van der Waals surface area contributed by atoms with Crippen molar-refractivity contribution in [2.75, 3.05) is 43.5 Å². The van der Waals surface area contributed by atoms with Crippen LogP contribution >= 0.6 is 0 Å². The van der Waals surface area contributed by atoms with Gasteiger partial charge < -0.3 is 24.3 Å². The van der Waals surface area contributed by atoms with Gasteiger partial charge in [0.2, 0.25) is 0 Å². The molecule has 1 saturated heterocycles. The average molecular weight is 527 g/mol. The van der Waals surface area contributed by atoms with Gasteiger partial charge >= 0.3 is 0 Å². The molecule has 1 aromatic heterocycles. The van der Waals surface area contributed by atoms with Crippen molar-refractivity contribution in [1.82, 2.24) is 4.90 Å². The minimum absolute atomic E-state index is 0.00156. The van der Waals surface area contributed by atoms with Gasteiger partial charge in [0.25, 0.3) is 17.5 Å². The molecule has 5 rings (SSSR count). The van der Waals surface area contributed by atoms with Crippen LogP contribution in [0.5, 0.6) is 5.75 Å². The second-order valence-electron chi connectivity index (χ2n) is 8.95. The number of nitrogens with one attached hydrogen (secondary N) is 1. The number of furan rings is 1. The molecule has 0 spiro atoms. The molecule has 1 aliphatic heterocycles. The smallest absolute Gasteiger partial charge is 0.291 e. The minimum atomic E-state index is -0.488. The molecule has 0 saturated carbocycles. The molecule has 39 heavy (non-hydrogen) atoms. The average Bonchev–Trinajstić information content (AvgIpc) is 3.48. The van der Waals surface area contributed by atoms with Gasteiger partial charge in [0.05, 0.1) is 17.6 Å². The maximum atomic E-state index is 12.8. The molecule has 1 fully saturated rings. The molecule has 1 aliphatic rings. The number of benzene rings is 3. The molecular weight excluding hydrogens is 500 g/mol.